The first-order valence-corrected chi connectivity index (χ1v) is 11.8. The molecular formula is C28H28F2N2O2. The number of carbonyl (C=O) groups is 1. The Balaban J connectivity index is 1.33. The standard InChI is InChI=1S/C28H28F2N2O2/c29-25-12-11-21(15-26(25)30)23-17-32(16-20-7-3-1-4-8-20)27-13-14-31(18-24(23)27)28(33)19-34-22-9-5-2-6-10-22/h1-12,15,23-24,27H,13-14,16-19H2/t23-,24-,27-/m0/s1. The molecule has 0 unspecified atom stereocenters. The van der Waals surface area contributed by atoms with Gasteiger partial charge >= 0.3 is 0 Å². The molecule has 0 saturated carbocycles. The van der Waals surface area contributed by atoms with Crippen molar-refractivity contribution < 1.29 is 18.3 Å². The van der Waals surface area contributed by atoms with Crippen LogP contribution in [0.1, 0.15) is 23.5 Å². The zero-order valence-corrected chi connectivity index (χ0v) is 18.9. The Morgan fingerprint density at radius 1 is 0.912 bits per heavy atom. The highest BCUT2D eigenvalue weighted by Gasteiger charge is 2.46. The maximum atomic E-state index is 14.1. The fourth-order valence-electron chi connectivity index (χ4n) is 5.42. The molecule has 34 heavy (non-hydrogen) atoms. The van der Waals surface area contributed by atoms with Gasteiger partial charge in [0.2, 0.25) is 0 Å². The van der Waals surface area contributed by atoms with E-state index in [4.69, 9.17) is 4.74 Å². The van der Waals surface area contributed by atoms with E-state index in [-0.39, 0.29) is 30.4 Å². The molecular weight excluding hydrogens is 434 g/mol. The van der Waals surface area contributed by atoms with Gasteiger partial charge in [0.15, 0.2) is 18.2 Å². The summed E-state index contributed by atoms with van der Waals surface area (Å²) in [7, 11) is 0. The molecule has 176 valence electrons. The number of rotatable bonds is 6. The molecule has 2 aliphatic heterocycles. The van der Waals surface area contributed by atoms with Crippen LogP contribution < -0.4 is 4.74 Å². The molecule has 0 spiro atoms. The van der Waals surface area contributed by atoms with Crippen molar-refractivity contribution in [3.63, 3.8) is 0 Å². The summed E-state index contributed by atoms with van der Waals surface area (Å²) >= 11 is 0. The van der Waals surface area contributed by atoms with E-state index in [1.54, 1.807) is 6.07 Å². The number of carbonyl (C=O) groups excluding carboxylic acids is 1. The number of hydrogen-bond acceptors (Lipinski definition) is 3. The lowest BCUT2D eigenvalue weighted by atomic mass is 9.81. The number of ether oxygens (including phenoxy) is 1. The summed E-state index contributed by atoms with van der Waals surface area (Å²) in [6.07, 6.45) is 0.842. The maximum absolute atomic E-state index is 14.1. The van der Waals surface area contributed by atoms with Crippen molar-refractivity contribution in [3.8, 4) is 5.75 Å². The lowest BCUT2D eigenvalue weighted by Gasteiger charge is -2.39. The van der Waals surface area contributed by atoms with E-state index < -0.39 is 11.6 Å². The van der Waals surface area contributed by atoms with Crippen molar-refractivity contribution in [1.82, 2.24) is 9.80 Å². The van der Waals surface area contributed by atoms with Gasteiger partial charge in [0.1, 0.15) is 5.75 Å². The van der Waals surface area contributed by atoms with Crippen molar-refractivity contribution in [2.24, 2.45) is 5.92 Å². The number of amides is 1. The van der Waals surface area contributed by atoms with Crippen LogP contribution in [0.15, 0.2) is 78.9 Å². The minimum Gasteiger partial charge on any atom is -0.484 e. The number of hydrogen-bond donors (Lipinski definition) is 0. The average molecular weight is 463 g/mol. The van der Waals surface area contributed by atoms with Gasteiger partial charge in [-0.15, -0.1) is 0 Å². The monoisotopic (exact) mass is 462 g/mol. The number of benzene rings is 3. The Kier molecular flexibility index (Phi) is 6.59. The molecule has 5 rings (SSSR count). The lowest BCUT2D eigenvalue weighted by Crippen LogP contribution is -2.49. The third-order valence-electron chi connectivity index (χ3n) is 7.10. The van der Waals surface area contributed by atoms with Gasteiger partial charge in [0, 0.05) is 44.1 Å². The second-order valence-corrected chi connectivity index (χ2v) is 9.16. The van der Waals surface area contributed by atoms with Crippen LogP contribution in [0.25, 0.3) is 0 Å². The molecule has 2 saturated heterocycles. The molecule has 3 aromatic rings. The predicted molar refractivity (Wildman–Crippen MR) is 126 cm³/mol. The average Bonchev–Trinajstić information content (AvgIpc) is 3.23. The molecule has 3 atom stereocenters. The molecule has 4 nitrogen and oxygen atoms in total. The molecule has 3 aromatic carbocycles. The van der Waals surface area contributed by atoms with Gasteiger partial charge < -0.3 is 9.64 Å². The Bertz CT molecular complexity index is 1130. The second kappa shape index (κ2) is 9.94. The fraction of sp³-hybridized carbons (Fsp3) is 0.321. The van der Waals surface area contributed by atoms with Gasteiger partial charge in [0.05, 0.1) is 0 Å². The number of halogens is 2. The third-order valence-corrected chi connectivity index (χ3v) is 7.10. The SMILES string of the molecule is O=C(COc1ccccc1)N1CC[C@H]2[C@@H](C1)[C@H](c1ccc(F)c(F)c1)CN2Cc1ccccc1. The summed E-state index contributed by atoms with van der Waals surface area (Å²) in [5.74, 6) is -0.876. The van der Waals surface area contributed by atoms with Crippen molar-refractivity contribution in [2.45, 2.75) is 24.9 Å². The topological polar surface area (TPSA) is 32.8 Å². The van der Waals surface area contributed by atoms with Gasteiger partial charge in [-0.25, -0.2) is 8.78 Å². The first-order valence-electron chi connectivity index (χ1n) is 11.8. The first kappa shape index (κ1) is 22.5. The summed E-state index contributed by atoms with van der Waals surface area (Å²) in [4.78, 5) is 17.3. The van der Waals surface area contributed by atoms with E-state index in [2.05, 4.69) is 17.0 Å². The van der Waals surface area contributed by atoms with Crippen LogP contribution in [0.3, 0.4) is 0 Å². The highest BCUT2D eigenvalue weighted by molar-refractivity contribution is 5.78. The van der Waals surface area contributed by atoms with E-state index in [1.165, 1.54) is 17.7 Å². The lowest BCUT2D eigenvalue weighted by molar-refractivity contribution is -0.135. The van der Waals surface area contributed by atoms with Crippen LogP contribution in [0, 0.1) is 17.6 Å². The van der Waals surface area contributed by atoms with Crippen LogP contribution in [-0.2, 0) is 11.3 Å². The van der Waals surface area contributed by atoms with E-state index in [0.29, 0.717) is 18.8 Å². The molecule has 6 heteroatoms. The molecule has 0 aromatic heterocycles. The van der Waals surface area contributed by atoms with E-state index in [9.17, 15) is 13.6 Å². The normalized spacial score (nSPS) is 22.4. The van der Waals surface area contributed by atoms with Crippen LogP contribution >= 0.6 is 0 Å². The molecule has 2 fully saturated rings. The van der Waals surface area contributed by atoms with Gasteiger partial charge in [-0.1, -0.05) is 54.6 Å². The third kappa shape index (κ3) is 4.82. The minimum absolute atomic E-state index is 0.00896. The van der Waals surface area contributed by atoms with Gasteiger partial charge in [-0.2, -0.15) is 0 Å². The zero-order chi connectivity index (χ0) is 23.5. The van der Waals surface area contributed by atoms with Crippen LogP contribution in [-0.4, -0.2) is 48.0 Å². The molecule has 1 amide bonds. The maximum Gasteiger partial charge on any atom is 0.260 e. The highest BCUT2D eigenvalue weighted by Crippen LogP contribution is 2.42. The molecule has 0 radical (unpaired) electrons. The summed E-state index contributed by atoms with van der Waals surface area (Å²) < 4.78 is 33.4. The Morgan fingerprint density at radius 2 is 1.65 bits per heavy atom. The van der Waals surface area contributed by atoms with E-state index in [0.717, 1.165) is 25.1 Å². The van der Waals surface area contributed by atoms with Gasteiger partial charge in [-0.3, -0.25) is 9.69 Å². The quantitative estimate of drug-likeness (QED) is 0.525. The Hall–Kier alpha value is -3.25. The van der Waals surface area contributed by atoms with Crippen LogP contribution in [0.5, 0.6) is 5.75 Å². The Labute approximate surface area is 198 Å². The zero-order valence-electron chi connectivity index (χ0n) is 18.9. The van der Waals surface area contributed by atoms with E-state index in [1.807, 2.05) is 53.4 Å². The fourth-order valence-corrected chi connectivity index (χ4v) is 5.42. The molecule has 0 N–H and O–H groups in total. The van der Waals surface area contributed by atoms with Crippen LogP contribution in [0.2, 0.25) is 0 Å². The van der Waals surface area contributed by atoms with Crippen molar-refractivity contribution in [3.05, 3.63) is 102 Å². The number of nitrogens with zero attached hydrogens (tertiary/aromatic N) is 2. The van der Waals surface area contributed by atoms with Crippen molar-refractivity contribution >= 4 is 5.91 Å². The van der Waals surface area contributed by atoms with Crippen molar-refractivity contribution in [2.75, 3.05) is 26.2 Å². The first-order chi connectivity index (χ1) is 16.6. The molecule has 2 aliphatic rings. The Morgan fingerprint density at radius 3 is 2.38 bits per heavy atom. The molecule has 0 aliphatic carbocycles. The number of para-hydroxylation sites is 1. The van der Waals surface area contributed by atoms with Crippen LogP contribution in [0.4, 0.5) is 8.78 Å². The van der Waals surface area contributed by atoms with Gasteiger partial charge in [0.25, 0.3) is 5.91 Å². The molecule has 2 heterocycles. The van der Waals surface area contributed by atoms with Gasteiger partial charge in [-0.05, 0) is 41.8 Å². The summed E-state index contributed by atoms with van der Waals surface area (Å²) in [5, 5.41) is 0. The molecule has 0 bridgehead atoms. The number of fused-ring (bicyclic) bond motifs is 1. The second-order valence-electron chi connectivity index (χ2n) is 9.16. The largest absolute Gasteiger partial charge is 0.484 e. The van der Waals surface area contributed by atoms with Crippen molar-refractivity contribution in [1.29, 1.82) is 0 Å². The smallest absolute Gasteiger partial charge is 0.260 e. The number of piperidine rings is 1. The highest BCUT2D eigenvalue weighted by atomic mass is 19.2. The summed E-state index contributed by atoms with van der Waals surface area (Å²) in [6.45, 7) is 2.78. The summed E-state index contributed by atoms with van der Waals surface area (Å²) in [6, 6.07) is 24.1. The summed E-state index contributed by atoms with van der Waals surface area (Å²) in [5.41, 5.74) is 2.02. The number of likely N-dealkylation sites (tertiary alicyclic amines) is 2. The van der Waals surface area contributed by atoms with E-state index >= 15 is 0 Å². The minimum atomic E-state index is -0.835. The predicted octanol–water partition coefficient (Wildman–Crippen LogP) is 4.86.